The fourth-order valence-corrected chi connectivity index (χ4v) is 2.55. The molecule has 0 unspecified atom stereocenters. The Balaban J connectivity index is 1.91. The molecule has 0 amide bonds. The third kappa shape index (κ3) is 3.18. The third-order valence-electron chi connectivity index (χ3n) is 3.43. The molecule has 3 rings (SSSR count). The topological polar surface area (TPSA) is 94.2 Å². The normalized spacial score (nSPS) is 11.5. The number of imidazole rings is 1. The number of nitrogens with two attached hydrogens (primary N) is 2. The Hall–Kier alpha value is -2.83. The van der Waals surface area contributed by atoms with Gasteiger partial charge < -0.3 is 10.3 Å². The van der Waals surface area contributed by atoms with Crippen molar-refractivity contribution in [3.63, 3.8) is 0 Å². The van der Waals surface area contributed by atoms with Crippen LogP contribution < -0.4 is 17.1 Å². The molecule has 23 heavy (non-hydrogen) atoms. The minimum absolute atomic E-state index is 0.320. The van der Waals surface area contributed by atoms with Crippen LogP contribution in [-0.4, -0.2) is 15.4 Å². The van der Waals surface area contributed by atoms with E-state index in [2.05, 4.69) is 15.6 Å². The first-order valence-electron chi connectivity index (χ1n) is 6.86. The summed E-state index contributed by atoms with van der Waals surface area (Å²) in [6.45, 7) is 0. The molecule has 0 fully saturated rings. The largest absolute Gasteiger partial charge is 0.382 e. The van der Waals surface area contributed by atoms with Crippen LogP contribution in [0.5, 0.6) is 0 Å². The minimum atomic E-state index is 0.320. The number of aromatic nitrogens is 2. The van der Waals surface area contributed by atoms with Crippen molar-refractivity contribution in [2.75, 3.05) is 0 Å². The Morgan fingerprint density at radius 1 is 1.17 bits per heavy atom. The van der Waals surface area contributed by atoms with Gasteiger partial charge in [-0.25, -0.2) is 16.4 Å². The van der Waals surface area contributed by atoms with E-state index in [9.17, 15) is 0 Å². The molecule has 116 valence electrons. The number of hydrazone groups is 1. The first kappa shape index (κ1) is 15.1. The Bertz CT molecular complexity index is 824. The van der Waals surface area contributed by atoms with E-state index in [1.807, 2.05) is 53.2 Å². The number of halogens is 1. The molecule has 0 aliphatic heterocycles. The molecular weight excluding hydrogens is 312 g/mol. The van der Waals surface area contributed by atoms with Gasteiger partial charge in [-0.15, -0.1) is 5.10 Å². The average molecular weight is 327 g/mol. The van der Waals surface area contributed by atoms with Crippen LogP contribution in [0.15, 0.2) is 66.3 Å². The molecule has 0 radical (unpaired) electrons. The Kier molecular flexibility index (Phi) is 4.27. The summed E-state index contributed by atoms with van der Waals surface area (Å²) in [6, 6.07) is 13.5. The molecule has 0 aliphatic rings. The van der Waals surface area contributed by atoms with Crippen molar-refractivity contribution in [3.05, 3.63) is 71.8 Å². The summed E-state index contributed by atoms with van der Waals surface area (Å²) in [5, 5.41) is 4.40. The van der Waals surface area contributed by atoms with Crippen LogP contribution in [0.1, 0.15) is 5.56 Å². The molecule has 0 atom stereocenters. The van der Waals surface area contributed by atoms with Crippen molar-refractivity contribution in [1.82, 2.24) is 15.1 Å². The highest BCUT2D eigenvalue weighted by Crippen LogP contribution is 2.30. The maximum absolute atomic E-state index is 6.42. The number of hydrogen-bond donors (Lipinski definition) is 3. The number of nitrogens with zero attached hydrogens (tertiary/aromatic N) is 3. The molecular formula is C16H15ClN6. The van der Waals surface area contributed by atoms with Crippen molar-refractivity contribution in [2.24, 2.45) is 16.7 Å². The zero-order valence-electron chi connectivity index (χ0n) is 12.1. The molecule has 0 bridgehead atoms. The second-order valence-electron chi connectivity index (χ2n) is 4.84. The van der Waals surface area contributed by atoms with Crippen molar-refractivity contribution in [2.45, 2.75) is 0 Å². The first-order valence-corrected chi connectivity index (χ1v) is 7.24. The van der Waals surface area contributed by atoms with Gasteiger partial charge >= 0.3 is 0 Å². The average Bonchev–Trinajstić information content (AvgIpc) is 3.10. The molecule has 0 saturated heterocycles. The number of hydrogen-bond acceptors (Lipinski definition) is 4. The number of nitrogens with one attached hydrogen (secondary N) is 1. The highest BCUT2D eigenvalue weighted by Gasteiger charge is 2.07. The molecule has 1 aromatic heterocycles. The van der Waals surface area contributed by atoms with Gasteiger partial charge in [-0.05, 0) is 17.7 Å². The highest BCUT2D eigenvalue weighted by atomic mass is 35.5. The Morgan fingerprint density at radius 2 is 1.96 bits per heavy atom. The Morgan fingerprint density at radius 3 is 2.57 bits per heavy atom. The van der Waals surface area contributed by atoms with Gasteiger partial charge in [-0.1, -0.05) is 41.9 Å². The molecule has 0 aliphatic carbocycles. The summed E-state index contributed by atoms with van der Waals surface area (Å²) >= 11 is 6.42. The number of amidine groups is 1. The maximum atomic E-state index is 6.42. The summed E-state index contributed by atoms with van der Waals surface area (Å²) in [6.07, 6.45) is 5.32. The van der Waals surface area contributed by atoms with E-state index < -0.39 is 0 Å². The third-order valence-corrected chi connectivity index (χ3v) is 3.74. The highest BCUT2D eigenvalue weighted by molar-refractivity contribution is 6.33. The van der Waals surface area contributed by atoms with Crippen LogP contribution in [0, 0.1) is 0 Å². The summed E-state index contributed by atoms with van der Waals surface area (Å²) in [4.78, 5) is 4.03. The van der Waals surface area contributed by atoms with E-state index in [-0.39, 0.29) is 0 Å². The van der Waals surface area contributed by atoms with E-state index in [0.717, 1.165) is 22.4 Å². The van der Waals surface area contributed by atoms with Crippen molar-refractivity contribution < 1.29 is 0 Å². The molecule has 2 aromatic carbocycles. The van der Waals surface area contributed by atoms with Gasteiger partial charge in [-0.2, -0.15) is 0 Å². The van der Waals surface area contributed by atoms with Crippen LogP contribution in [0.2, 0.25) is 5.02 Å². The van der Waals surface area contributed by atoms with Crippen LogP contribution in [0.4, 0.5) is 0 Å². The number of benzene rings is 2. The fraction of sp³-hybridized carbons (Fsp3) is 0. The van der Waals surface area contributed by atoms with E-state index in [1.54, 1.807) is 12.5 Å². The zero-order chi connectivity index (χ0) is 16.2. The second-order valence-corrected chi connectivity index (χ2v) is 5.24. The second kappa shape index (κ2) is 6.51. The molecule has 3 aromatic rings. The van der Waals surface area contributed by atoms with Crippen LogP contribution in [-0.2, 0) is 0 Å². The van der Waals surface area contributed by atoms with Gasteiger partial charge in [0.1, 0.15) is 0 Å². The lowest BCUT2D eigenvalue weighted by atomic mass is 10.0. The van der Waals surface area contributed by atoms with E-state index in [1.165, 1.54) is 0 Å². The van der Waals surface area contributed by atoms with E-state index in [0.29, 0.717) is 10.9 Å². The summed E-state index contributed by atoms with van der Waals surface area (Å²) in [7, 11) is 0. The van der Waals surface area contributed by atoms with Crippen molar-refractivity contribution in [3.8, 4) is 16.8 Å². The van der Waals surface area contributed by atoms with Gasteiger partial charge in [0.2, 0.25) is 0 Å². The standard InChI is InChI=1S/C16H15ClN6/c17-15-9-13(23-8-7-20-10-23)5-6-14(15)11-1-3-12(4-2-11)16(18)21-22-19/h1-10,22H,19H2,(H2,18,21). The molecule has 5 N–H and O–H groups in total. The molecule has 6 nitrogen and oxygen atoms in total. The van der Waals surface area contributed by atoms with Crippen LogP contribution >= 0.6 is 11.6 Å². The van der Waals surface area contributed by atoms with Crippen molar-refractivity contribution >= 4 is 17.4 Å². The summed E-state index contributed by atoms with van der Waals surface area (Å²) in [5.41, 5.74) is 11.6. The van der Waals surface area contributed by atoms with E-state index in [4.69, 9.17) is 23.2 Å². The first-order chi connectivity index (χ1) is 11.2. The van der Waals surface area contributed by atoms with Gasteiger partial charge in [0.15, 0.2) is 5.84 Å². The molecule has 1 heterocycles. The van der Waals surface area contributed by atoms with E-state index >= 15 is 0 Å². The SMILES string of the molecule is NN/N=C(\N)c1ccc(-c2ccc(-n3ccnc3)cc2Cl)cc1. The quantitative estimate of drug-likeness (QED) is 0.297. The zero-order valence-corrected chi connectivity index (χ0v) is 12.9. The Labute approximate surface area is 138 Å². The molecule has 7 heteroatoms. The predicted molar refractivity (Wildman–Crippen MR) is 92.1 cm³/mol. The van der Waals surface area contributed by atoms with Crippen LogP contribution in [0.3, 0.4) is 0 Å². The van der Waals surface area contributed by atoms with Crippen molar-refractivity contribution in [1.29, 1.82) is 0 Å². The summed E-state index contributed by atoms with van der Waals surface area (Å²) < 4.78 is 1.90. The smallest absolute Gasteiger partial charge is 0.152 e. The van der Waals surface area contributed by atoms with Crippen LogP contribution in [0.25, 0.3) is 16.8 Å². The lowest BCUT2D eigenvalue weighted by Crippen LogP contribution is -2.22. The molecule has 0 spiro atoms. The predicted octanol–water partition coefficient (Wildman–Crippen LogP) is 2.28. The lowest BCUT2D eigenvalue weighted by Gasteiger charge is -2.09. The number of hydrazine groups is 1. The summed E-state index contributed by atoms with van der Waals surface area (Å²) in [5.74, 6) is 5.44. The minimum Gasteiger partial charge on any atom is -0.382 e. The fourth-order valence-electron chi connectivity index (χ4n) is 2.27. The lowest BCUT2D eigenvalue weighted by molar-refractivity contribution is 0.804. The van der Waals surface area contributed by atoms with Gasteiger partial charge in [0.05, 0.1) is 11.3 Å². The number of rotatable bonds is 4. The maximum Gasteiger partial charge on any atom is 0.152 e. The van der Waals surface area contributed by atoms with Gasteiger partial charge in [0, 0.05) is 29.2 Å². The monoisotopic (exact) mass is 326 g/mol. The van der Waals surface area contributed by atoms with Gasteiger partial charge in [0.25, 0.3) is 0 Å². The molecule has 0 saturated carbocycles. The van der Waals surface area contributed by atoms with Gasteiger partial charge in [-0.3, -0.25) is 0 Å².